The van der Waals surface area contributed by atoms with Crippen LogP contribution in [0.1, 0.15) is 184 Å². The number of aliphatic carboxylic acids is 1. The fourth-order valence-corrected chi connectivity index (χ4v) is 15.5. The number of aliphatic hydroxyl groups is 4. The molecule has 21 atom stereocenters. The Hall–Kier alpha value is -13.8. The van der Waals surface area contributed by atoms with Gasteiger partial charge in [0.15, 0.2) is 5.12 Å². The summed E-state index contributed by atoms with van der Waals surface area (Å²) in [5.74, 6) is -30.4. The molecule has 0 radical (unpaired) electrons. The number of hydrogen-bond donors (Lipinski definition) is 28. The first-order valence-corrected chi connectivity index (χ1v) is 48.0. The van der Waals surface area contributed by atoms with E-state index in [1.807, 2.05) is 16.0 Å². The molecule has 2 saturated heterocycles. The molecule has 0 aromatic heterocycles. The van der Waals surface area contributed by atoms with Gasteiger partial charge >= 0.3 is 5.97 Å². The van der Waals surface area contributed by atoms with Crippen LogP contribution >= 0.6 is 11.8 Å². The minimum atomic E-state index is -2.31. The first-order valence-electron chi connectivity index (χ1n) is 47.0. The van der Waals surface area contributed by atoms with E-state index < -0.39 is 320 Å². The molecule has 0 bridgehead atoms. The summed E-state index contributed by atoms with van der Waals surface area (Å²) >= 11 is 0.743. The topological polar surface area (TPSA) is 846 Å². The highest BCUT2D eigenvalue weighted by atomic mass is 32.2. The molecule has 52 nitrogen and oxygen atoms in total. The summed E-state index contributed by atoms with van der Waals surface area (Å²) in [7, 11) is 0. The number of carbonyl (C=O) groups excluding carboxylic acids is 22. The van der Waals surface area contributed by atoms with Crippen molar-refractivity contribution in [2.45, 2.75) is 313 Å². The lowest BCUT2D eigenvalue weighted by Crippen LogP contribution is -2.63. The molecule has 0 saturated carbocycles. The number of aromatic hydroxyl groups is 2. The third kappa shape index (κ3) is 42.0. The minimum Gasteiger partial charge on any atom is -0.508 e. The Morgan fingerprint density at radius 3 is 1.08 bits per heavy atom. The van der Waals surface area contributed by atoms with Gasteiger partial charge in [-0.05, 0) is 159 Å². The van der Waals surface area contributed by atoms with Crippen LogP contribution in [-0.2, 0) is 123 Å². The van der Waals surface area contributed by atoms with Gasteiger partial charge in [-0.3, -0.25) is 110 Å². The summed E-state index contributed by atoms with van der Waals surface area (Å²) in [5, 5.41) is 115. The van der Waals surface area contributed by atoms with Crippen LogP contribution in [0.5, 0.6) is 11.5 Å². The van der Waals surface area contributed by atoms with Gasteiger partial charge in [0, 0.05) is 32.9 Å². The fourth-order valence-electron chi connectivity index (χ4n) is 15.1. The molecule has 4 rings (SSSR count). The number of rotatable bonds is 32. The molecule has 0 unspecified atom stereocenters. The number of nitrogens with zero attached hydrogens (tertiary/aromatic N) is 1. The average molecular weight is 2050 g/mol. The monoisotopic (exact) mass is 2050 g/mol. The molecule has 144 heavy (non-hydrogen) atoms. The number of nitrogens with one attached hydrogen (secondary N) is 17. The van der Waals surface area contributed by atoms with Gasteiger partial charge in [0.2, 0.25) is 124 Å². The summed E-state index contributed by atoms with van der Waals surface area (Å²) in [6, 6.07) is -22.0. The Kier molecular flexibility index (Phi) is 51.0. The number of unbranched alkanes of at least 4 members (excludes halogenated alkanes) is 2. The smallest absolute Gasteiger partial charge is 0.305 e. The predicted octanol–water partition coefficient (Wildman–Crippen LogP) is -9.27. The number of fused-ring (bicyclic) bond motifs is 1. The Bertz CT molecular complexity index is 4850. The highest BCUT2D eigenvalue weighted by molar-refractivity contribution is 8.14. The van der Waals surface area contributed by atoms with Crippen molar-refractivity contribution < 1.29 is 146 Å². The van der Waals surface area contributed by atoms with E-state index in [0.29, 0.717) is 0 Å². The number of phenols is 2. The number of carboxylic acid groups (broad SMARTS) is 1. The molecule has 2 aromatic rings. The fraction of sp³-hybridized carbons (Fsp3) is 0.615. The zero-order chi connectivity index (χ0) is 109. The van der Waals surface area contributed by atoms with Crippen LogP contribution in [0.4, 0.5) is 0 Å². The molecule has 32 N–H and O–H groups in total. The van der Waals surface area contributed by atoms with Crippen LogP contribution in [0.3, 0.4) is 0 Å². The van der Waals surface area contributed by atoms with Crippen LogP contribution in [0.25, 0.3) is 0 Å². The highest BCUT2D eigenvalue weighted by Crippen LogP contribution is 2.23. The molecule has 2 aliphatic rings. The van der Waals surface area contributed by atoms with Crippen molar-refractivity contribution in [1.82, 2.24) is 95.3 Å². The number of nitrogens with two attached hydrogens (primary N) is 4. The van der Waals surface area contributed by atoms with E-state index in [9.17, 15) is 141 Å². The highest BCUT2D eigenvalue weighted by Gasteiger charge is 2.45. The van der Waals surface area contributed by atoms with Crippen LogP contribution in [0, 0.1) is 17.8 Å². The van der Waals surface area contributed by atoms with Crippen molar-refractivity contribution in [2.75, 3.05) is 25.4 Å². The van der Waals surface area contributed by atoms with Gasteiger partial charge in [0.25, 0.3) is 0 Å². The number of amides is 21. The van der Waals surface area contributed by atoms with Crippen LogP contribution in [0.2, 0.25) is 0 Å². The van der Waals surface area contributed by atoms with Crippen LogP contribution < -0.4 is 113 Å². The van der Waals surface area contributed by atoms with E-state index >= 15 is 4.79 Å². The maximum absolute atomic E-state index is 15.0. The summed E-state index contributed by atoms with van der Waals surface area (Å²) in [4.78, 5) is 324. The van der Waals surface area contributed by atoms with Gasteiger partial charge in [0.05, 0.1) is 55.9 Å². The van der Waals surface area contributed by atoms with Crippen LogP contribution in [-0.4, -0.2) is 328 Å². The van der Waals surface area contributed by atoms with E-state index in [2.05, 4.69) is 74.4 Å². The Labute approximate surface area is 834 Å². The van der Waals surface area contributed by atoms with Crippen molar-refractivity contribution >= 4 is 147 Å². The molecular formula is C91H140N22O30S. The van der Waals surface area contributed by atoms with E-state index in [1.54, 1.807) is 27.7 Å². The standard InChI is InChI=1S/C91H140N22O30S/c1-41(2)32-56-83(135)109-72(46(9)115)89(141)106-57(33-42(3)4)82(134)108-70(43(5)6)87(139)98-55(19-14-16-30-96-68(124)40-144-49(12)118)77(129)112-74(48(11)117)91(143)113-31-17-20-64(113)86(138)97-44(7)75(127)100-58(34-50-21-25-52(119)26-22-50)78(130)102-59(35-51-23-27-53(120)28-24-51)84(136)110-71(45(8)114)88(140)99-54(18-13-15-29-92)76(128)105-63(39-69(125)126)85(137)111-73(47(10)116)90(142)107-62(38-67(95)123)81(133)104-61(37-66(94)122)80(132)103-60(36-65(93)121)79(131)101-56/h21-28,41-48,54-64,70-74,114-117,119-120H,13-20,29-40,92H2,1-12H3,(H2,93,121)(H2,94,122)(H2,95,123)(H,96,124)(H,97,138)(H,98,139)(H,99,140)(H,100,127)(H,101,131)(H,102,130)(H,103,132)(H,104,133)(H,105,128)(H,106,141)(H,107,142)(H,108,134)(H,109,135)(H,110,136)(H,111,137)(H,112,129)(H,125,126)/t44-,45+,46+,47+,48+,54-,55-,56-,57-,58-,59-,60-,61-,62-,63-,64-,70-,71-,72-,73-,74-/m0/s1. The molecule has 21 amide bonds. The molecule has 2 fully saturated rings. The first-order chi connectivity index (χ1) is 67.4. The van der Waals surface area contributed by atoms with Crippen molar-refractivity contribution in [3.63, 3.8) is 0 Å². The van der Waals surface area contributed by atoms with Gasteiger partial charge in [-0.1, -0.05) is 77.6 Å². The number of hydrogen-bond acceptors (Lipinski definition) is 31. The average Bonchev–Trinajstić information content (AvgIpc) is 1.65. The number of phenolic OH excluding ortho intramolecular Hbond substituents is 2. The molecule has 800 valence electrons. The van der Waals surface area contributed by atoms with Gasteiger partial charge in [0.1, 0.15) is 114 Å². The summed E-state index contributed by atoms with van der Waals surface area (Å²) in [5.41, 5.74) is 22.8. The third-order valence-electron chi connectivity index (χ3n) is 22.8. The summed E-state index contributed by atoms with van der Waals surface area (Å²) < 4.78 is 0. The second-order valence-corrected chi connectivity index (χ2v) is 37.8. The number of benzene rings is 2. The molecule has 2 heterocycles. The lowest BCUT2D eigenvalue weighted by atomic mass is 9.98. The number of carbonyl (C=O) groups is 23. The largest absolute Gasteiger partial charge is 0.508 e. The quantitative estimate of drug-likeness (QED) is 0.0303. The summed E-state index contributed by atoms with van der Waals surface area (Å²) in [6.07, 6.45) is -14.3. The van der Waals surface area contributed by atoms with Crippen molar-refractivity contribution in [3.05, 3.63) is 59.7 Å². The third-order valence-corrected chi connectivity index (χ3v) is 23.6. The van der Waals surface area contributed by atoms with Gasteiger partial charge in [-0.15, -0.1) is 0 Å². The number of primary amides is 3. The second-order valence-electron chi connectivity index (χ2n) is 36.7. The minimum absolute atomic E-state index is 0.0124. The normalized spacial score (nSPS) is 25.6. The lowest BCUT2D eigenvalue weighted by Gasteiger charge is -2.32. The zero-order valence-electron chi connectivity index (χ0n) is 82.3. The van der Waals surface area contributed by atoms with E-state index in [-0.39, 0.29) is 111 Å². The van der Waals surface area contributed by atoms with Crippen molar-refractivity contribution in [3.8, 4) is 11.5 Å². The van der Waals surface area contributed by atoms with Crippen molar-refractivity contribution in [2.24, 2.45) is 40.7 Å². The molecule has 0 spiro atoms. The van der Waals surface area contributed by atoms with Crippen molar-refractivity contribution in [1.29, 1.82) is 0 Å². The van der Waals surface area contributed by atoms with E-state index in [0.717, 1.165) is 44.4 Å². The second kappa shape index (κ2) is 60.0. The van der Waals surface area contributed by atoms with Gasteiger partial charge < -0.3 is 154 Å². The molecule has 53 heteroatoms. The maximum Gasteiger partial charge on any atom is 0.305 e. The lowest BCUT2D eigenvalue weighted by molar-refractivity contribution is -0.144. The van der Waals surface area contributed by atoms with Crippen LogP contribution in [0.15, 0.2) is 48.5 Å². The molecule has 0 aliphatic carbocycles. The van der Waals surface area contributed by atoms with E-state index in [4.69, 9.17) is 22.9 Å². The number of aliphatic hydroxyl groups excluding tert-OH is 4. The number of carboxylic acids is 1. The van der Waals surface area contributed by atoms with E-state index in [1.165, 1.54) is 76.2 Å². The number of thioether (sulfide) groups is 1. The molecule has 2 aliphatic heterocycles. The predicted molar refractivity (Wildman–Crippen MR) is 512 cm³/mol. The molecule has 2 aromatic carbocycles. The zero-order valence-corrected chi connectivity index (χ0v) is 83.1. The summed E-state index contributed by atoms with van der Waals surface area (Å²) in [6.45, 7) is 15.8. The van der Waals surface area contributed by atoms with Gasteiger partial charge in [-0.2, -0.15) is 0 Å². The SMILES string of the molecule is CC(=O)SCC(=O)NCCCC[C@@H]1NC(=O)[C@H](C(C)C)NC(=O)[C@H](CC(C)C)NC(=O)[C@H]([C@@H](C)O)NC(=O)[C@H](CC(C)C)NC(=O)[C@H](CC(N)=O)NC(=O)[C@H](CC(N)=O)NC(=O)[C@H](CC(N)=O)NC(=O)[C@H]([C@@H](C)O)NC(=O)[C@H](CC(=O)O)NC(=O)[C@H](CCCCN)NC(=O)[C@H]([C@@H](C)O)NC(=O)[C@H](Cc2ccc(O)cc2)NC(=O)[C@H](Cc2ccc(O)cc2)NC(=O)[C@H](C)NC(=O)[C@@H]2CCCN2C(=O)[C@H]([C@@H](C)O)NC1=O. The Balaban J connectivity index is 1.96. The maximum atomic E-state index is 15.0. The first kappa shape index (κ1) is 122. The molecular weight excluding hydrogens is 1910 g/mol. The Morgan fingerprint density at radius 2 is 0.701 bits per heavy atom. The Morgan fingerprint density at radius 1 is 0.389 bits per heavy atom. The van der Waals surface area contributed by atoms with Gasteiger partial charge in [-0.25, -0.2) is 0 Å².